The normalized spacial score (nSPS) is 15.0. The molecule has 0 aliphatic carbocycles. The van der Waals surface area contributed by atoms with Crippen LogP contribution in [0.25, 0.3) is 0 Å². The number of alkyl halides is 3. The van der Waals surface area contributed by atoms with Gasteiger partial charge in [-0.3, -0.25) is 4.79 Å². The topological polar surface area (TPSA) is 45.7 Å². The number of carbonyl (C=O) groups excluding carboxylic acids is 1. The molecule has 1 aliphatic heterocycles. The Balaban J connectivity index is 1.65. The summed E-state index contributed by atoms with van der Waals surface area (Å²) >= 11 is 5.85. The molecule has 3 rings (SSSR count). The zero-order valence-corrected chi connectivity index (χ0v) is 15.2. The van der Waals surface area contributed by atoms with Gasteiger partial charge in [0.05, 0.1) is 5.56 Å². The van der Waals surface area contributed by atoms with E-state index in [4.69, 9.17) is 16.3 Å². The first-order chi connectivity index (χ1) is 12.7. The maximum atomic E-state index is 12.7. The van der Waals surface area contributed by atoms with Gasteiger partial charge in [-0.25, -0.2) is 4.98 Å². The zero-order valence-electron chi connectivity index (χ0n) is 14.5. The van der Waals surface area contributed by atoms with Crippen molar-refractivity contribution in [2.75, 3.05) is 31.1 Å². The monoisotopic (exact) mass is 399 g/mol. The standard InChI is InChI=1S/C18H17ClF3N3O2/c1-12(26)24-6-8-25(9-7-24)14-2-4-15(5-3-14)27-17-16(19)10-13(11-23-17)18(20,21)22/h2-5,10-11H,6-9H2,1H3. The molecule has 0 spiro atoms. The van der Waals surface area contributed by atoms with Crippen LogP contribution in [0, 0.1) is 0 Å². The van der Waals surface area contributed by atoms with Gasteiger partial charge in [0.2, 0.25) is 11.8 Å². The molecule has 1 saturated heterocycles. The van der Waals surface area contributed by atoms with Crippen molar-refractivity contribution in [2.45, 2.75) is 13.1 Å². The number of carbonyl (C=O) groups is 1. The Morgan fingerprint density at radius 1 is 1.15 bits per heavy atom. The van der Waals surface area contributed by atoms with Crippen LogP contribution in [0.15, 0.2) is 36.5 Å². The van der Waals surface area contributed by atoms with E-state index in [1.807, 2.05) is 12.1 Å². The van der Waals surface area contributed by atoms with Gasteiger partial charge in [-0.1, -0.05) is 11.6 Å². The van der Waals surface area contributed by atoms with Crippen molar-refractivity contribution in [1.29, 1.82) is 0 Å². The Hall–Kier alpha value is -2.48. The number of benzene rings is 1. The van der Waals surface area contributed by atoms with Crippen molar-refractivity contribution >= 4 is 23.2 Å². The summed E-state index contributed by atoms with van der Waals surface area (Å²) in [5.74, 6) is 0.391. The number of piperazine rings is 1. The first kappa shape index (κ1) is 19.3. The van der Waals surface area contributed by atoms with Crippen molar-refractivity contribution in [1.82, 2.24) is 9.88 Å². The van der Waals surface area contributed by atoms with Crippen LogP contribution in [0.5, 0.6) is 11.6 Å². The van der Waals surface area contributed by atoms with Crippen molar-refractivity contribution in [3.05, 3.63) is 47.1 Å². The van der Waals surface area contributed by atoms with Crippen LogP contribution in [-0.4, -0.2) is 42.0 Å². The van der Waals surface area contributed by atoms with Crippen LogP contribution in [0.1, 0.15) is 12.5 Å². The molecule has 1 amide bonds. The number of hydrogen-bond donors (Lipinski definition) is 0. The summed E-state index contributed by atoms with van der Waals surface area (Å²) in [5, 5.41) is -0.214. The fraction of sp³-hybridized carbons (Fsp3) is 0.333. The van der Waals surface area contributed by atoms with Crippen LogP contribution in [0.2, 0.25) is 5.02 Å². The summed E-state index contributed by atoms with van der Waals surface area (Å²) in [6.07, 6.45) is -3.83. The number of nitrogens with zero attached hydrogens (tertiary/aromatic N) is 3. The minimum atomic E-state index is -4.51. The lowest BCUT2D eigenvalue weighted by Gasteiger charge is -2.35. The van der Waals surface area contributed by atoms with E-state index >= 15 is 0 Å². The maximum absolute atomic E-state index is 12.7. The molecule has 0 saturated carbocycles. The smallest absolute Gasteiger partial charge is 0.417 e. The first-order valence-corrected chi connectivity index (χ1v) is 8.63. The highest BCUT2D eigenvalue weighted by atomic mass is 35.5. The number of anilines is 1. The molecule has 1 aliphatic rings. The molecule has 9 heteroatoms. The van der Waals surface area contributed by atoms with E-state index < -0.39 is 11.7 Å². The third-order valence-corrected chi connectivity index (χ3v) is 4.55. The van der Waals surface area contributed by atoms with Crippen LogP contribution < -0.4 is 9.64 Å². The minimum Gasteiger partial charge on any atom is -0.438 e. The Morgan fingerprint density at radius 3 is 2.30 bits per heavy atom. The average molecular weight is 400 g/mol. The van der Waals surface area contributed by atoms with Gasteiger partial charge in [-0.2, -0.15) is 13.2 Å². The zero-order chi connectivity index (χ0) is 19.6. The molecule has 0 atom stereocenters. The largest absolute Gasteiger partial charge is 0.438 e. The lowest BCUT2D eigenvalue weighted by Crippen LogP contribution is -2.48. The number of amides is 1. The SMILES string of the molecule is CC(=O)N1CCN(c2ccc(Oc3ncc(C(F)(F)F)cc3Cl)cc2)CC1. The Labute approximate surface area is 159 Å². The van der Waals surface area contributed by atoms with E-state index in [0.717, 1.165) is 24.8 Å². The predicted molar refractivity (Wildman–Crippen MR) is 95.2 cm³/mol. The summed E-state index contributed by atoms with van der Waals surface area (Å²) < 4.78 is 43.4. The number of halogens is 4. The van der Waals surface area contributed by atoms with Gasteiger partial charge >= 0.3 is 6.18 Å². The minimum absolute atomic E-state index is 0.0688. The quantitative estimate of drug-likeness (QED) is 0.775. The number of hydrogen-bond acceptors (Lipinski definition) is 4. The van der Waals surface area contributed by atoms with E-state index in [1.54, 1.807) is 24.0 Å². The van der Waals surface area contributed by atoms with Crippen LogP contribution >= 0.6 is 11.6 Å². The fourth-order valence-corrected chi connectivity index (χ4v) is 2.98. The van der Waals surface area contributed by atoms with E-state index in [9.17, 15) is 18.0 Å². The third-order valence-electron chi connectivity index (χ3n) is 4.28. The fourth-order valence-electron chi connectivity index (χ4n) is 2.77. The second kappa shape index (κ2) is 7.64. The summed E-state index contributed by atoms with van der Waals surface area (Å²) in [7, 11) is 0. The molecule has 0 bridgehead atoms. The van der Waals surface area contributed by atoms with Gasteiger partial charge in [-0.15, -0.1) is 0 Å². The van der Waals surface area contributed by atoms with Crippen molar-refractivity contribution < 1.29 is 22.7 Å². The van der Waals surface area contributed by atoms with E-state index in [0.29, 0.717) is 25.0 Å². The van der Waals surface area contributed by atoms with Gasteiger partial charge in [0, 0.05) is 45.0 Å². The molecule has 0 N–H and O–H groups in total. The molecule has 1 aromatic heterocycles. The Bertz CT molecular complexity index is 820. The molecule has 2 heterocycles. The van der Waals surface area contributed by atoms with Crippen LogP contribution in [0.4, 0.5) is 18.9 Å². The number of aromatic nitrogens is 1. The lowest BCUT2D eigenvalue weighted by atomic mass is 10.2. The number of pyridine rings is 1. The highest BCUT2D eigenvalue weighted by molar-refractivity contribution is 6.31. The Morgan fingerprint density at radius 2 is 1.78 bits per heavy atom. The lowest BCUT2D eigenvalue weighted by molar-refractivity contribution is -0.137. The van der Waals surface area contributed by atoms with Crippen molar-refractivity contribution in [3.8, 4) is 11.6 Å². The highest BCUT2D eigenvalue weighted by Gasteiger charge is 2.31. The molecule has 2 aromatic rings. The average Bonchev–Trinajstić information content (AvgIpc) is 2.63. The molecular weight excluding hydrogens is 383 g/mol. The van der Waals surface area contributed by atoms with Crippen LogP contribution in [0.3, 0.4) is 0 Å². The Kier molecular flexibility index (Phi) is 5.46. The third kappa shape index (κ3) is 4.63. The van der Waals surface area contributed by atoms with Crippen molar-refractivity contribution in [3.63, 3.8) is 0 Å². The highest BCUT2D eigenvalue weighted by Crippen LogP contribution is 2.35. The van der Waals surface area contributed by atoms with E-state index in [2.05, 4.69) is 9.88 Å². The summed E-state index contributed by atoms with van der Waals surface area (Å²) in [6.45, 7) is 4.34. The predicted octanol–water partition coefficient (Wildman–Crippen LogP) is 4.21. The van der Waals surface area contributed by atoms with Gasteiger partial charge in [0.25, 0.3) is 0 Å². The van der Waals surface area contributed by atoms with Gasteiger partial charge in [-0.05, 0) is 30.3 Å². The van der Waals surface area contributed by atoms with E-state index in [-0.39, 0.29) is 16.8 Å². The van der Waals surface area contributed by atoms with Gasteiger partial charge in [0.15, 0.2) is 0 Å². The molecular formula is C18H17ClF3N3O2. The molecule has 144 valence electrons. The molecule has 0 unspecified atom stereocenters. The van der Waals surface area contributed by atoms with Crippen molar-refractivity contribution in [2.24, 2.45) is 0 Å². The number of ether oxygens (including phenoxy) is 1. The molecule has 0 radical (unpaired) electrons. The molecule has 1 aromatic carbocycles. The second-order valence-electron chi connectivity index (χ2n) is 6.10. The summed E-state index contributed by atoms with van der Waals surface area (Å²) in [6, 6.07) is 7.87. The van der Waals surface area contributed by atoms with Crippen LogP contribution in [-0.2, 0) is 11.0 Å². The first-order valence-electron chi connectivity index (χ1n) is 8.25. The summed E-state index contributed by atoms with van der Waals surface area (Å²) in [4.78, 5) is 19.0. The maximum Gasteiger partial charge on any atom is 0.417 e. The molecule has 5 nitrogen and oxygen atoms in total. The van der Waals surface area contributed by atoms with Gasteiger partial charge in [0.1, 0.15) is 10.8 Å². The molecule has 1 fully saturated rings. The second-order valence-corrected chi connectivity index (χ2v) is 6.51. The number of rotatable bonds is 3. The van der Waals surface area contributed by atoms with E-state index in [1.165, 1.54) is 0 Å². The summed E-state index contributed by atoms with van der Waals surface area (Å²) in [5.41, 5.74) is 0.0388. The molecule has 27 heavy (non-hydrogen) atoms. The van der Waals surface area contributed by atoms with Gasteiger partial charge < -0.3 is 14.5 Å².